The summed E-state index contributed by atoms with van der Waals surface area (Å²) >= 11 is 0. The van der Waals surface area contributed by atoms with Crippen molar-refractivity contribution in [1.82, 2.24) is 0 Å². The Kier molecular flexibility index (Phi) is 6.97. The van der Waals surface area contributed by atoms with Crippen molar-refractivity contribution < 1.29 is 22.1 Å². The number of rotatable bonds is 4. The second-order valence-corrected chi connectivity index (χ2v) is 17.1. The second kappa shape index (κ2) is 13.0. The van der Waals surface area contributed by atoms with E-state index in [9.17, 15) is 0 Å². The Hall–Kier alpha value is -8.61. The van der Waals surface area contributed by atoms with Gasteiger partial charge in [0, 0.05) is 10.8 Å². The van der Waals surface area contributed by atoms with E-state index in [0.29, 0.717) is 0 Å². The fourth-order valence-corrected chi connectivity index (χ4v) is 10.5. The molecule has 9 aromatic carbocycles. The van der Waals surface area contributed by atoms with E-state index in [1.54, 1.807) is 0 Å². The molecule has 300 valence electrons. The molecule has 15 rings (SSSR count). The van der Waals surface area contributed by atoms with Crippen LogP contribution in [0.3, 0.4) is 0 Å². The van der Waals surface area contributed by atoms with Gasteiger partial charge in [0.1, 0.15) is 22.3 Å². The summed E-state index contributed by atoms with van der Waals surface area (Å²) in [6, 6.07) is 63.8. The van der Waals surface area contributed by atoms with Gasteiger partial charge in [-0.05, 0) is 36.4 Å². The SMILES string of the molecule is b1ccc2oc3ccccc3c2c1-c1cccc(-c2cc(-c3ccc4oc5ccc6oc7ccccc7c6c5c4c3)cc(-c3ccc4oc5ccc6oc7ccccc7c6c5c4c3)c2)c1. The van der Waals surface area contributed by atoms with E-state index >= 15 is 0 Å². The molecule has 0 aliphatic heterocycles. The molecule has 5 nitrogen and oxygen atoms in total. The van der Waals surface area contributed by atoms with Gasteiger partial charge in [0.15, 0.2) is 0 Å². The molecule has 0 atom stereocenters. The summed E-state index contributed by atoms with van der Waals surface area (Å²) in [5, 5.41) is 10.7. The molecule has 15 aromatic rings. The van der Waals surface area contributed by atoms with Gasteiger partial charge in [0.05, 0.1) is 0 Å². The molecule has 0 aliphatic carbocycles. The Morgan fingerprint density at radius 1 is 0.231 bits per heavy atom. The average Bonchev–Trinajstić information content (AvgIpc) is 4.19. The van der Waals surface area contributed by atoms with E-state index in [4.69, 9.17) is 22.1 Å². The van der Waals surface area contributed by atoms with Gasteiger partial charge < -0.3 is 8.83 Å². The first kappa shape index (κ1) is 34.9. The molecule has 0 N–H and O–H groups in total. The van der Waals surface area contributed by atoms with Crippen LogP contribution in [0.25, 0.3) is 154 Å². The summed E-state index contributed by atoms with van der Waals surface area (Å²) in [4.78, 5) is 0. The van der Waals surface area contributed by atoms with Crippen LogP contribution in [-0.4, -0.2) is 6.91 Å². The first-order valence-corrected chi connectivity index (χ1v) is 21.9. The number of furan rings is 5. The Morgan fingerprint density at radius 2 is 0.585 bits per heavy atom. The molecule has 0 bridgehead atoms. The fraction of sp³-hybridized carbons (Fsp3) is 0. The third-order valence-corrected chi connectivity index (χ3v) is 13.5. The van der Waals surface area contributed by atoms with Crippen molar-refractivity contribution in [1.29, 1.82) is 0 Å². The van der Waals surface area contributed by atoms with Crippen molar-refractivity contribution >= 4 is 117 Å². The predicted molar refractivity (Wildman–Crippen MR) is 266 cm³/mol. The normalized spacial score (nSPS) is 12.2. The zero-order valence-electron chi connectivity index (χ0n) is 34.5. The molecule has 0 saturated carbocycles. The number of hydrogen-bond acceptors (Lipinski definition) is 5. The molecule has 0 fully saturated rings. The maximum atomic E-state index is 6.52. The molecule has 0 amide bonds. The first-order valence-electron chi connectivity index (χ1n) is 21.9. The summed E-state index contributed by atoms with van der Waals surface area (Å²) in [5.74, 6) is 2.08. The zero-order chi connectivity index (χ0) is 42.3. The van der Waals surface area contributed by atoms with E-state index in [1.165, 1.54) is 0 Å². The summed E-state index contributed by atoms with van der Waals surface area (Å²) in [6.45, 7) is 2.19. The van der Waals surface area contributed by atoms with Crippen LogP contribution in [0.5, 0.6) is 0 Å². The Labute approximate surface area is 369 Å². The number of para-hydroxylation sites is 3. The fourth-order valence-electron chi connectivity index (χ4n) is 10.5. The van der Waals surface area contributed by atoms with E-state index in [0.717, 1.165) is 154 Å². The predicted octanol–water partition coefficient (Wildman–Crippen LogP) is 17.2. The molecule has 0 radical (unpaired) electrons. The van der Waals surface area contributed by atoms with Crippen LogP contribution in [0.4, 0.5) is 0 Å². The van der Waals surface area contributed by atoms with Crippen LogP contribution in [0.1, 0.15) is 0 Å². The van der Waals surface area contributed by atoms with Gasteiger partial charge in [-0.2, -0.15) is 0 Å². The van der Waals surface area contributed by atoms with Crippen molar-refractivity contribution in [3.63, 3.8) is 0 Å². The maximum absolute atomic E-state index is 6.52. The molecule has 0 aliphatic rings. The molecule has 0 saturated heterocycles. The van der Waals surface area contributed by atoms with Crippen LogP contribution in [0.2, 0.25) is 0 Å². The number of benzene rings is 9. The van der Waals surface area contributed by atoms with Crippen LogP contribution in [0, 0.1) is 0 Å². The van der Waals surface area contributed by atoms with Crippen molar-refractivity contribution in [3.8, 4) is 44.4 Å². The van der Waals surface area contributed by atoms with Crippen molar-refractivity contribution in [2.24, 2.45) is 0 Å². The van der Waals surface area contributed by atoms with Gasteiger partial charge in [0.25, 0.3) is 0 Å². The van der Waals surface area contributed by atoms with Gasteiger partial charge in [-0.25, -0.2) is 0 Å². The Balaban J connectivity index is 0.964. The van der Waals surface area contributed by atoms with E-state index in [2.05, 4.69) is 134 Å². The summed E-state index contributed by atoms with van der Waals surface area (Å²) in [5.41, 5.74) is 17.3. The molecule has 65 heavy (non-hydrogen) atoms. The van der Waals surface area contributed by atoms with E-state index in [-0.39, 0.29) is 0 Å². The molecule has 6 heteroatoms. The molecule has 0 unspecified atom stereocenters. The third-order valence-electron chi connectivity index (χ3n) is 13.5. The van der Waals surface area contributed by atoms with Gasteiger partial charge in [-0.1, -0.05) is 36.4 Å². The number of hydrogen-bond donors (Lipinski definition) is 0. The van der Waals surface area contributed by atoms with E-state index < -0.39 is 0 Å². The zero-order valence-corrected chi connectivity index (χ0v) is 34.5. The van der Waals surface area contributed by atoms with Crippen LogP contribution in [-0.2, 0) is 0 Å². The van der Waals surface area contributed by atoms with Crippen molar-refractivity contribution in [2.45, 2.75) is 0 Å². The first-order chi connectivity index (χ1) is 32.2. The van der Waals surface area contributed by atoms with Crippen LogP contribution < -0.4 is 0 Å². The average molecular weight is 831 g/mol. The van der Waals surface area contributed by atoms with Gasteiger partial charge in [0.2, 0.25) is 0 Å². The minimum absolute atomic E-state index is 0.835. The number of fused-ring (bicyclic) bond motifs is 17. The summed E-state index contributed by atoms with van der Waals surface area (Å²) in [7, 11) is 0. The third kappa shape index (κ3) is 5.08. The topological polar surface area (TPSA) is 65.7 Å². The van der Waals surface area contributed by atoms with Crippen LogP contribution in [0.15, 0.2) is 210 Å². The Morgan fingerprint density at radius 3 is 1.08 bits per heavy atom. The van der Waals surface area contributed by atoms with Gasteiger partial charge in [-0.3, -0.25) is 0 Å². The van der Waals surface area contributed by atoms with Crippen molar-refractivity contribution in [2.75, 3.05) is 0 Å². The van der Waals surface area contributed by atoms with Gasteiger partial charge in [-0.15, -0.1) is 0 Å². The van der Waals surface area contributed by atoms with E-state index in [1.807, 2.05) is 60.7 Å². The molecular formula is C59H31BO5. The second-order valence-electron chi connectivity index (χ2n) is 17.1. The Bertz CT molecular complexity index is 4290. The summed E-state index contributed by atoms with van der Waals surface area (Å²) in [6.07, 6.45) is 0. The molecule has 0 spiro atoms. The van der Waals surface area contributed by atoms with Crippen LogP contribution >= 0.6 is 0 Å². The minimum atomic E-state index is 0.835. The van der Waals surface area contributed by atoms with Gasteiger partial charge >= 0.3 is 256 Å². The molecule has 6 aromatic heterocycles. The molecular weight excluding hydrogens is 799 g/mol. The van der Waals surface area contributed by atoms with Crippen molar-refractivity contribution in [3.05, 3.63) is 188 Å². The quantitative estimate of drug-likeness (QED) is 0.177. The monoisotopic (exact) mass is 830 g/mol. The summed E-state index contributed by atoms with van der Waals surface area (Å²) < 4.78 is 32.0. The molecule has 6 heterocycles. The standard InChI is InChI=1S/C59H31BO5/c1-4-13-44-39(10-1)54-49(61-44)20-22-51-56(54)42-30-33(16-18-47(42)64-51)37-27-36(32-8-7-9-35(26-32)59-58-41-12-3-6-15-46(41)63-53(58)24-25-60-59)28-38(29-37)34-17-19-48-43(31-34)57-52(65-48)23-21-50-55(57)40-11-2-5-14-45(40)62-50/h1-31H.